The van der Waals surface area contributed by atoms with Crippen LogP contribution in [-0.4, -0.2) is 134 Å². The van der Waals surface area contributed by atoms with Gasteiger partial charge in [-0.25, -0.2) is 43.7 Å². The molecule has 0 aromatic carbocycles. The number of carbonyl (C=O) groups is 2. The first-order valence-electron chi connectivity index (χ1n) is 20.5. The van der Waals surface area contributed by atoms with Crippen molar-refractivity contribution in [2.45, 2.75) is 63.2 Å². The van der Waals surface area contributed by atoms with Crippen LogP contribution in [0.15, 0.2) is 59.2 Å². The second-order valence-electron chi connectivity index (χ2n) is 15.8. The summed E-state index contributed by atoms with van der Waals surface area (Å²) >= 11 is 0. The average Bonchev–Trinajstić information content (AvgIpc) is 4.11. The molecule has 21 nitrogen and oxygen atoms in total. The predicted molar refractivity (Wildman–Crippen MR) is 216 cm³/mol. The van der Waals surface area contributed by atoms with Crippen LogP contribution in [0, 0.1) is 11.8 Å². The molecule has 0 spiro atoms. The Morgan fingerprint density at radius 3 is 1.67 bits per heavy atom. The number of amides is 1. The van der Waals surface area contributed by atoms with E-state index in [0.29, 0.717) is 60.7 Å². The Hall–Kier alpha value is -6.32. The van der Waals surface area contributed by atoms with Crippen molar-refractivity contribution in [2.75, 3.05) is 52.6 Å². The average molecular weight is 837 g/mol. The van der Waals surface area contributed by atoms with Gasteiger partial charge in [0.2, 0.25) is 0 Å². The van der Waals surface area contributed by atoms with Gasteiger partial charge in [0.05, 0.1) is 12.4 Å². The van der Waals surface area contributed by atoms with Gasteiger partial charge in [-0.3, -0.25) is 14.4 Å². The maximum Gasteiger partial charge on any atom is 0.354 e. The highest BCUT2D eigenvalue weighted by atomic mass is 16.5. The molecule has 61 heavy (non-hydrogen) atoms. The van der Waals surface area contributed by atoms with Crippen LogP contribution in [0.3, 0.4) is 0 Å². The number of carboxylic acids is 1. The van der Waals surface area contributed by atoms with Gasteiger partial charge in [-0.1, -0.05) is 13.8 Å². The van der Waals surface area contributed by atoms with Crippen molar-refractivity contribution in [1.82, 2.24) is 69.3 Å². The molecule has 0 bridgehead atoms. The van der Waals surface area contributed by atoms with Crippen molar-refractivity contribution < 1.29 is 24.2 Å². The molecule has 4 aliphatic heterocycles. The van der Waals surface area contributed by atoms with Crippen molar-refractivity contribution in [3.8, 4) is 0 Å². The molecule has 0 saturated carbocycles. The molecule has 1 amide bonds. The molecule has 4 atom stereocenters. The van der Waals surface area contributed by atoms with Gasteiger partial charge in [-0.05, 0) is 56.2 Å². The summed E-state index contributed by atoms with van der Waals surface area (Å²) in [5.41, 5.74) is 1.05. The second kappa shape index (κ2) is 18.5. The summed E-state index contributed by atoms with van der Waals surface area (Å²) in [5, 5.41) is 21.1. The molecule has 4 saturated heterocycles. The van der Waals surface area contributed by atoms with Crippen molar-refractivity contribution in [3.63, 3.8) is 0 Å². The smallest absolute Gasteiger partial charge is 0.354 e. The Bertz CT molecular complexity index is 2570. The molecule has 6 aromatic heterocycles. The van der Waals surface area contributed by atoms with Crippen molar-refractivity contribution in [3.05, 3.63) is 105 Å². The number of aromatic carboxylic acids is 1. The highest BCUT2D eigenvalue weighted by Crippen LogP contribution is 2.32. The molecule has 4 aliphatic rings. The van der Waals surface area contributed by atoms with Gasteiger partial charge in [0.1, 0.15) is 41.6 Å². The van der Waals surface area contributed by atoms with Crippen molar-refractivity contribution in [1.29, 1.82) is 0 Å². The van der Waals surface area contributed by atoms with Crippen LogP contribution in [0.4, 0.5) is 0 Å². The Morgan fingerprint density at radius 2 is 1.21 bits per heavy atom. The molecule has 4 fully saturated rings. The fourth-order valence-electron chi connectivity index (χ4n) is 8.33. The predicted octanol–water partition coefficient (Wildman–Crippen LogP) is 1.79. The monoisotopic (exact) mass is 836 g/mol. The highest BCUT2D eigenvalue weighted by Gasteiger charge is 2.37. The van der Waals surface area contributed by atoms with E-state index in [1.54, 1.807) is 38.6 Å². The summed E-state index contributed by atoms with van der Waals surface area (Å²) < 4.78 is 14.3. The fourth-order valence-corrected chi connectivity index (χ4v) is 8.33. The molecule has 4 N–H and O–H groups in total. The zero-order valence-corrected chi connectivity index (χ0v) is 33.9. The number of carbonyl (C=O) groups excluding carboxylic acids is 1. The van der Waals surface area contributed by atoms with Crippen LogP contribution < -0.4 is 16.4 Å². The number of hydrogen-bond acceptors (Lipinski definition) is 15. The van der Waals surface area contributed by atoms with Crippen molar-refractivity contribution >= 4 is 22.9 Å². The Balaban J connectivity index is 0.000000144. The molecule has 10 rings (SSSR count). The summed E-state index contributed by atoms with van der Waals surface area (Å²) in [6, 6.07) is 2.94. The molecule has 0 aliphatic carbocycles. The third kappa shape index (κ3) is 9.08. The minimum absolute atomic E-state index is 0.0185. The summed E-state index contributed by atoms with van der Waals surface area (Å²) in [6.07, 6.45) is 12.3. The minimum Gasteiger partial charge on any atom is -0.477 e. The SMILES string of the molecule is CC1CN(C(=O)c2ccncn2)CC1c1nn2c(C3CCOCC3)ncc2c(=O)[nH]1.CC1CNCC1c1nn2c(C3CCOCC3)ncc2c(=O)[nH]1.O=C(O)c1ccncn1. The maximum absolute atomic E-state index is 12.8. The molecule has 4 unspecified atom stereocenters. The largest absolute Gasteiger partial charge is 0.477 e. The van der Waals surface area contributed by atoms with Gasteiger partial charge < -0.3 is 34.8 Å². The topological polar surface area (TPSA) is 266 Å². The number of hydrogen-bond donors (Lipinski definition) is 4. The molecule has 10 heterocycles. The van der Waals surface area contributed by atoms with Crippen LogP contribution >= 0.6 is 0 Å². The van der Waals surface area contributed by atoms with E-state index in [4.69, 9.17) is 24.8 Å². The molecular formula is C40H48N14O7. The quantitative estimate of drug-likeness (QED) is 0.186. The van der Waals surface area contributed by atoms with E-state index >= 15 is 0 Å². The lowest BCUT2D eigenvalue weighted by molar-refractivity contribution is 0.0689. The minimum atomic E-state index is -1.03. The third-order valence-corrected chi connectivity index (χ3v) is 11.8. The van der Waals surface area contributed by atoms with Crippen LogP contribution in [-0.2, 0) is 9.47 Å². The van der Waals surface area contributed by atoms with E-state index in [-0.39, 0.29) is 46.4 Å². The zero-order chi connectivity index (χ0) is 42.5. The Morgan fingerprint density at radius 1 is 0.689 bits per heavy atom. The summed E-state index contributed by atoms with van der Waals surface area (Å²) in [5.74, 6) is 3.22. The van der Waals surface area contributed by atoms with Gasteiger partial charge in [-0.15, -0.1) is 0 Å². The first-order valence-corrected chi connectivity index (χ1v) is 20.5. The van der Waals surface area contributed by atoms with Crippen LogP contribution in [0.5, 0.6) is 0 Å². The number of ether oxygens (including phenoxy) is 2. The number of nitrogens with zero attached hydrogens (tertiary/aromatic N) is 11. The molecule has 0 radical (unpaired) electrons. The highest BCUT2D eigenvalue weighted by molar-refractivity contribution is 5.92. The number of rotatable bonds is 6. The lowest BCUT2D eigenvalue weighted by atomic mass is 9.97. The lowest BCUT2D eigenvalue weighted by Crippen LogP contribution is -2.30. The van der Waals surface area contributed by atoms with Gasteiger partial charge in [0, 0.05) is 82.1 Å². The Labute approximate surface area is 348 Å². The first-order chi connectivity index (χ1) is 29.7. The standard InChI is InChI=1S/C20H23N7O3.C15H21N5O2.C5H4N2O2/c1-12-9-26(20(29)15-2-5-21-11-23-15)10-14(12)17-24-19(28)16-8-22-18(27(16)25-17)13-3-6-30-7-4-13;1-9-6-16-7-11(9)13-18-15(21)12-8-17-14(20(12)19-13)10-2-4-22-5-3-10;8-5(9)4-1-2-6-3-7-4/h2,5,8,11-14H,3-4,6-7,9-10H2,1H3,(H,24,25,28);8-11,16H,2-7H2,1H3,(H,18,19,21);1-3H,(H,8,9). The van der Waals surface area contributed by atoms with E-state index in [1.807, 2.05) is 0 Å². The molecular weight excluding hydrogens is 789 g/mol. The first kappa shape index (κ1) is 41.4. The number of imidazole rings is 2. The van der Waals surface area contributed by atoms with E-state index in [0.717, 1.165) is 69.5 Å². The fraction of sp³-hybridized carbons (Fsp3) is 0.500. The number of fused-ring (bicyclic) bond motifs is 2. The second-order valence-corrected chi connectivity index (χ2v) is 15.8. The van der Waals surface area contributed by atoms with E-state index in [2.05, 4.69) is 59.0 Å². The van der Waals surface area contributed by atoms with E-state index in [1.165, 1.54) is 24.9 Å². The van der Waals surface area contributed by atoms with Crippen LogP contribution in [0.2, 0.25) is 0 Å². The number of aromatic amines is 2. The van der Waals surface area contributed by atoms with E-state index in [9.17, 15) is 19.2 Å². The van der Waals surface area contributed by atoms with Gasteiger partial charge in [0.25, 0.3) is 17.0 Å². The lowest BCUT2D eigenvalue weighted by Gasteiger charge is -2.21. The number of nitrogens with one attached hydrogen (secondary N) is 3. The maximum atomic E-state index is 12.8. The number of likely N-dealkylation sites (tertiary alicyclic amines) is 1. The summed E-state index contributed by atoms with van der Waals surface area (Å²) in [6.45, 7) is 9.99. The van der Waals surface area contributed by atoms with Gasteiger partial charge in [-0.2, -0.15) is 10.2 Å². The molecule has 21 heteroatoms. The molecule has 6 aromatic rings. The van der Waals surface area contributed by atoms with Crippen LogP contribution in [0.25, 0.3) is 11.0 Å². The van der Waals surface area contributed by atoms with Crippen LogP contribution in [0.1, 0.15) is 107 Å². The van der Waals surface area contributed by atoms with Gasteiger partial charge in [0.15, 0.2) is 16.7 Å². The number of aromatic nitrogens is 12. The number of H-pyrrole nitrogens is 2. The third-order valence-electron chi connectivity index (χ3n) is 11.8. The Kier molecular flexibility index (Phi) is 12.6. The number of carboxylic acid groups (broad SMARTS) is 1. The van der Waals surface area contributed by atoms with E-state index < -0.39 is 5.97 Å². The van der Waals surface area contributed by atoms with Crippen molar-refractivity contribution in [2.24, 2.45) is 11.8 Å². The summed E-state index contributed by atoms with van der Waals surface area (Å²) in [4.78, 5) is 79.5. The molecule has 320 valence electrons. The normalized spacial score (nSPS) is 22.1. The zero-order valence-electron chi connectivity index (χ0n) is 33.9. The van der Waals surface area contributed by atoms with Gasteiger partial charge >= 0.3 is 5.97 Å². The summed E-state index contributed by atoms with van der Waals surface area (Å²) in [7, 11) is 0.